The SMILES string of the molecule is O=C(CCC(=O)Nc1cccc(C(F)(F)F)c1)Nc1cccc(C(F)(F)F)c1. The lowest BCUT2D eigenvalue weighted by atomic mass is 10.2. The lowest BCUT2D eigenvalue weighted by Crippen LogP contribution is -2.18. The highest BCUT2D eigenvalue weighted by atomic mass is 19.4. The van der Waals surface area contributed by atoms with Crippen LogP contribution in [-0.2, 0) is 21.9 Å². The first-order valence-corrected chi connectivity index (χ1v) is 7.89. The van der Waals surface area contributed by atoms with E-state index in [1.54, 1.807) is 0 Å². The second-order valence-electron chi connectivity index (χ2n) is 5.75. The third kappa shape index (κ3) is 6.29. The molecule has 2 aromatic rings. The molecule has 0 heterocycles. The quantitative estimate of drug-likeness (QED) is 0.683. The van der Waals surface area contributed by atoms with Crippen molar-refractivity contribution in [3.05, 3.63) is 59.7 Å². The molecule has 28 heavy (non-hydrogen) atoms. The fourth-order valence-corrected chi connectivity index (χ4v) is 2.22. The predicted molar refractivity (Wildman–Crippen MR) is 89.4 cm³/mol. The fourth-order valence-electron chi connectivity index (χ4n) is 2.22. The van der Waals surface area contributed by atoms with Gasteiger partial charge in [-0.25, -0.2) is 0 Å². The van der Waals surface area contributed by atoms with E-state index in [4.69, 9.17) is 0 Å². The molecule has 2 amide bonds. The monoisotopic (exact) mass is 404 g/mol. The van der Waals surface area contributed by atoms with E-state index < -0.39 is 35.3 Å². The van der Waals surface area contributed by atoms with Crippen LogP contribution < -0.4 is 10.6 Å². The third-order valence-corrected chi connectivity index (χ3v) is 3.53. The van der Waals surface area contributed by atoms with Gasteiger partial charge in [-0.2, -0.15) is 26.3 Å². The Morgan fingerprint density at radius 3 is 1.36 bits per heavy atom. The van der Waals surface area contributed by atoms with Crippen molar-refractivity contribution < 1.29 is 35.9 Å². The first-order valence-electron chi connectivity index (χ1n) is 7.89. The standard InChI is InChI=1S/C18H14F6N2O2/c19-17(20,21)11-3-1-5-13(9-11)25-15(27)7-8-16(28)26-14-6-2-4-12(10-14)18(22,23)24/h1-6,9-10H,7-8H2,(H,25,27)(H,26,28). The summed E-state index contributed by atoms with van der Waals surface area (Å²) in [6.45, 7) is 0. The van der Waals surface area contributed by atoms with Crippen LogP contribution in [0.25, 0.3) is 0 Å². The highest BCUT2D eigenvalue weighted by Gasteiger charge is 2.31. The number of alkyl halides is 6. The first kappa shape index (κ1) is 21.3. The Hall–Kier alpha value is -3.04. The van der Waals surface area contributed by atoms with Gasteiger partial charge in [0.15, 0.2) is 0 Å². The van der Waals surface area contributed by atoms with Crippen LogP contribution in [0, 0.1) is 0 Å². The minimum Gasteiger partial charge on any atom is -0.326 e. The Balaban J connectivity index is 1.89. The summed E-state index contributed by atoms with van der Waals surface area (Å²) in [6, 6.07) is 7.96. The normalized spacial score (nSPS) is 11.8. The molecule has 0 unspecified atom stereocenters. The predicted octanol–water partition coefficient (Wildman–Crippen LogP) is 5.08. The molecule has 0 aliphatic heterocycles. The number of hydrogen-bond acceptors (Lipinski definition) is 2. The van der Waals surface area contributed by atoms with E-state index in [9.17, 15) is 35.9 Å². The number of amides is 2. The Kier molecular flexibility index (Phi) is 6.32. The minimum absolute atomic E-state index is 0.0851. The number of anilines is 2. The van der Waals surface area contributed by atoms with Crippen LogP contribution >= 0.6 is 0 Å². The summed E-state index contributed by atoms with van der Waals surface area (Å²) in [5, 5.41) is 4.47. The van der Waals surface area contributed by atoms with E-state index >= 15 is 0 Å². The molecule has 0 aromatic heterocycles. The van der Waals surface area contributed by atoms with Crippen LogP contribution in [0.15, 0.2) is 48.5 Å². The van der Waals surface area contributed by atoms with Gasteiger partial charge in [0.25, 0.3) is 0 Å². The van der Waals surface area contributed by atoms with Crippen molar-refractivity contribution in [2.75, 3.05) is 10.6 Å². The Morgan fingerprint density at radius 2 is 1.04 bits per heavy atom. The van der Waals surface area contributed by atoms with Crippen LogP contribution in [0.1, 0.15) is 24.0 Å². The fraction of sp³-hybridized carbons (Fsp3) is 0.222. The summed E-state index contributed by atoms with van der Waals surface area (Å²) in [7, 11) is 0. The molecule has 0 saturated heterocycles. The van der Waals surface area contributed by atoms with Gasteiger partial charge in [0, 0.05) is 24.2 Å². The van der Waals surface area contributed by atoms with Crippen molar-refractivity contribution in [2.24, 2.45) is 0 Å². The number of rotatable bonds is 5. The van der Waals surface area contributed by atoms with Gasteiger partial charge < -0.3 is 10.6 Å². The van der Waals surface area contributed by atoms with Crippen LogP contribution in [0.2, 0.25) is 0 Å². The molecule has 0 saturated carbocycles. The van der Waals surface area contributed by atoms with Crippen molar-refractivity contribution in [3.8, 4) is 0 Å². The lowest BCUT2D eigenvalue weighted by Gasteiger charge is -2.11. The van der Waals surface area contributed by atoms with E-state index in [0.29, 0.717) is 0 Å². The Bertz CT molecular complexity index is 790. The molecule has 0 aliphatic rings. The molecule has 150 valence electrons. The van der Waals surface area contributed by atoms with E-state index in [-0.39, 0.29) is 24.2 Å². The second-order valence-corrected chi connectivity index (χ2v) is 5.75. The molecule has 0 radical (unpaired) electrons. The number of benzene rings is 2. The lowest BCUT2D eigenvalue weighted by molar-refractivity contribution is -0.138. The Morgan fingerprint density at radius 1 is 0.679 bits per heavy atom. The molecule has 0 spiro atoms. The molecule has 2 N–H and O–H groups in total. The topological polar surface area (TPSA) is 58.2 Å². The third-order valence-electron chi connectivity index (χ3n) is 3.53. The molecule has 4 nitrogen and oxygen atoms in total. The van der Waals surface area contributed by atoms with E-state index in [1.165, 1.54) is 12.1 Å². The molecule has 0 aliphatic carbocycles. The van der Waals surface area contributed by atoms with Gasteiger partial charge in [-0.1, -0.05) is 12.1 Å². The molecule has 2 rings (SSSR count). The van der Waals surface area contributed by atoms with Gasteiger partial charge >= 0.3 is 12.4 Å². The molecule has 0 atom stereocenters. The van der Waals surface area contributed by atoms with Gasteiger partial charge in [-0.05, 0) is 36.4 Å². The molecular weight excluding hydrogens is 390 g/mol. The van der Waals surface area contributed by atoms with Crippen molar-refractivity contribution in [1.82, 2.24) is 0 Å². The molecule has 10 heteroatoms. The van der Waals surface area contributed by atoms with Crippen LogP contribution in [0.4, 0.5) is 37.7 Å². The van der Waals surface area contributed by atoms with Crippen molar-refractivity contribution in [1.29, 1.82) is 0 Å². The van der Waals surface area contributed by atoms with Crippen LogP contribution in [0.5, 0.6) is 0 Å². The molecule has 2 aromatic carbocycles. The number of carbonyl (C=O) groups is 2. The van der Waals surface area contributed by atoms with Gasteiger partial charge in [-0.3, -0.25) is 9.59 Å². The molecular formula is C18H14F6N2O2. The highest BCUT2D eigenvalue weighted by molar-refractivity contribution is 5.96. The summed E-state index contributed by atoms with van der Waals surface area (Å²) in [6.07, 6.45) is -9.85. The Labute approximate surface area is 155 Å². The van der Waals surface area contributed by atoms with E-state index in [0.717, 1.165) is 36.4 Å². The zero-order valence-electron chi connectivity index (χ0n) is 14.1. The van der Waals surface area contributed by atoms with Crippen molar-refractivity contribution in [2.45, 2.75) is 25.2 Å². The number of nitrogens with one attached hydrogen (secondary N) is 2. The first-order chi connectivity index (χ1) is 12.9. The van der Waals surface area contributed by atoms with Gasteiger partial charge in [0.2, 0.25) is 11.8 Å². The van der Waals surface area contributed by atoms with Crippen molar-refractivity contribution >= 4 is 23.2 Å². The molecule has 0 bridgehead atoms. The van der Waals surface area contributed by atoms with Gasteiger partial charge in [0.1, 0.15) is 0 Å². The zero-order valence-corrected chi connectivity index (χ0v) is 14.1. The number of hydrogen-bond donors (Lipinski definition) is 2. The number of halogens is 6. The minimum atomic E-state index is -4.56. The number of carbonyl (C=O) groups excluding carboxylic acids is 2. The summed E-state index contributed by atoms with van der Waals surface area (Å²) in [5.74, 6) is -1.42. The summed E-state index contributed by atoms with van der Waals surface area (Å²) in [5.41, 5.74) is -2.04. The smallest absolute Gasteiger partial charge is 0.326 e. The van der Waals surface area contributed by atoms with Gasteiger partial charge in [0.05, 0.1) is 11.1 Å². The van der Waals surface area contributed by atoms with Gasteiger partial charge in [-0.15, -0.1) is 0 Å². The molecule has 0 fully saturated rings. The summed E-state index contributed by atoms with van der Waals surface area (Å²) in [4.78, 5) is 23.6. The largest absolute Gasteiger partial charge is 0.416 e. The summed E-state index contributed by atoms with van der Waals surface area (Å²) >= 11 is 0. The highest BCUT2D eigenvalue weighted by Crippen LogP contribution is 2.31. The average Bonchev–Trinajstić information content (AvgIpc) is 2.59. The zero-order chi connectivity index (χ0) is 20.9. The van der Waals surface area contributed by atoms with Crippen LogP contribution in [-0.4, -0.2) is 11.8 Å². The maximum absolute atomic E-state index is 12.6. The maximum Gasteiger partial charge on any atom is 0.416 e. The van der Waals surface area contributed by atoms with E-state index in [1.807, 2.05) is 0 Å². The summed E-state index contributed by atoms with van der Waals surface area (Å²) < 4.78 is 75.8. The maximum atomic E-state index is 12.6. The average molecular weight is 404 g/mol. The van der Waals surface area contributed by atoms with Crippen molar-refractivity contribution in [3.63, 3.8) is 0 Å². The second kappa shape index (κ2) is 8.32. The van der Waals surface area contributed by atoms with Crippen LogP contribution in [0.3, 0.4) is 0 Å². The van der Waals surface area contributed by atoms with E-state index in [2.05, 4.69) is 10.6 Å².